The Kier molecular flexibility index (Phi) is 6.40. The van der Waals surface area contributed by atoms with Crippen LogP contribution in [0.4, 0.5) is 0 Å². The minimum atomic E-state index is -3.55. The first-order chi connectivity index (χ1) is 9.70. The number of hydrogen-bond donors (Lipinski definition) is 2. The van der Waals surface area contributed by atoms with Crippen LogP contribution >= 0.6 is 0 Å². The van der Waals surface area contributed by atoms with Gasteiger partial charge in [0.1, 0.15) is 16.4 Å². The highest BCUT2D eigenvalue weighted by Gasteiger charge is 2.26. The standard InChI is InChI=1S/C14H27N3O3S/c1-10(2)17(6)8-7-16-21(18,19)14-12(4)20-11(3)13(14)9-15-5/h10,15-16H,7-9H2,1-6H3. The van der Waals surface area contributed by atoms with Crippen LogP contribution in [0.5, 0.6) is 0 Å². The summed E-state index contributed by atoms with van der Waals surface area (Å²) in [7, 11) is 0.197. The minimum absolute atomic E-state index is 0.265. The Hall–Kier alpha value is -0.890. The molecule has 2 N–H and O–H groups in total. The average Bonchev–Trinajstić information content (AvgIpc) is 2.64. The van der Waals surface area contributed by atoms with Crippen molar-refractivity contribution in [2.24, 2.45) is 0 Å². The highest BCUT2D eigenvalue weighted by Crippen LogP contribution is 2.26. The third-order valence-corrected chi connectivity index (χ3v) is 5.24. The molecule has 21 heavy (non-hydrogen) atoms. The molecular weight excluding hydrogens is 290 g/mol. The number of sulfonamides is 1. The summed E-state index contributed by atoms with van der Waals surface area (Å²) >= 11 is 0. The summed E-state index contributed by atoms with van der Waals surface area (Å²) in [5.74, 6) is 1.07. The quantitative estimate of drug-likeness (QED) is 0.754. The molecule has 0 spiro atoms. The molecule has 0 saturated heterocycles. The fraction of sp³-hybridized carbons (Fsp3) is 0.714. The van der Waals surface area contributed by atoms with E-state index in [2.05, 4.69) is 28.8 Å². The fourth-order valence-electron chi connectivity index (χ4n) is 2.13. The molecule has 122 valence electrons. The van der Waals surface area contributed by atoms with Gasteiger partial charge in [-0.15, -0.1) is 0 Å². The third kappa shape index (κ3) is 4.54. The van der Waals surface area contributed by atoms with E-state index in [9.17, 15) is 8.42 Å². The molecule has 1 aromatic heterocycles. The summed E-state index contributed by atoms with van der Waals surface area (Å²) in [4.78, 5) is 2.35. The molecule has 7 heteroatoms. The summed E-state index contributed by atoms with van der Waals surface area (Å²) in [5.41, 5.74) is 0.694. The maximum absolute atomic E-state index is 12.5. The highest BCUT2D eigenvalue weighted by molar-refractivity contribution is 7.89. The van der Waals surface area contributed by atoms with Crippen molar-refractivity contribution in [1.29, 1.82) is 0 Å². The number of furan rings is 1. The molecule has 1 rings (SSSR count). The SMILES string of the molecule is CNCc1c(C)oc(C)c1S(=O)(=O)NCCN(C)C(C)C. The van der Waals surface area contributed by atoms with E-state index < -0.39 is 10.0 Å². The Labute approximate surface area is 127 Å². The Morgan fingerprint density at radius 3 is 2.38 bits per heavy atom. The summed E-state index contributed by atoms with van der Waals surface area (Å²) in [6.45, 7) is 9.11. The van der Waals surface area contributed by atoms with Gasteiger partial charge < -0.3 is 14.6 Å². The predicted molar refractivity (Wildman–Crippen MR) is 83.9 cm³/mol. The minimum Gasteiger partial charge on any atom is -0.465 e. The lowest BCUT2D eigenvalue weighted by molar-refractivity contribution is 0.278. The van der Waals surface area contributed by atoms with Crippen molar-refractivity contribution in [2.75, 3.05) is 27.2 Å². The molecule has 0 aliphatic heterocycles. The summed E-state index contributed by atoms with van der Waals surface area (Å²) in [6, 6.07) is 0.382. The van der Waals surface area contributed by atoms with E-state index >= 15 is 0 Å². The van der Waals surface area contributed by atoms with Gasteiger partial charge in [-0.05, 0) is 41.8 Å². The lowest BCUT2D eigenvalue weighted by atomic mass is 10.2. The predicted octanol–water partition coefficient (Wildman–Crippen LogP) is 1.23. The summed E-state index contributed by atoms with van der Waals surface area (Å²) < 4.78 is 33.1. The number of likely N-dealkylation sites (N-methyl/N-ethyl adjacent to an activating group) is 1. The van der Waals surface area contributed by atoms with Crippen LogP contribution in [0.25, 0.3) is 0 Å². The molecule has 0 bridgehead atoms. The number of nitrogens with one attached hydrogen (secondary N) is 2. The van der Waals surface area contributed by atoms with Gasteiger partial charge in [0.05, 0.1) is 0 Å². The zero-order chi connectivity index (χ0) is 16.2. The molecule has 0 unspecified atom stereocenters. The molecule has 0 aliphatic carbocycles. The smallest absolute Gasteiger partial charge is 0.244 e. The molecule has 0 atom stereocenters. The van der Waals surface area contributed by atoms with Crippen molar-refractivity contribution in [1.82, 2.24) is 14.9 Å². The Bertz CT molecular complexity index is 564. The lowest BCUT2D eigenvalue weighted by Crippen LogP contribution is -2.36. The molecular formula is C14H27N3O3S. The maximum atomic E-state index is 12.5. The fourth-order valence-corrected chi connectivity index (χ4v) is 3.59. The first kappa shape index (κ1) is 18.2. The van der Waals surface area contributed by atoms with Crippen LogP contribution in [0.3, 0.4) is 0 Å². The molecule has 0 aliphatic rings. The second-order valence-electron chi connectivity index (χ2n) is 5.52. The first-order valence-corrected chi connectivity index (χ1v) is 8.62. The number of rotatable bonds is 8. The van der Waals surface area contributed by atoms with Gasteiger partial charge in [-0.25, -0.2) is 13.1 Å². The van der Waals surface area contributed by atoms with Crippen LogP contribution in [0, 0.1) is 13.8 Å². The average molecular weight is 317 g/mol. The first-order valence-electron chi connectivity index (χ1n) is 7.14. The maximum Gasteiger partial charge on any atom is 0.244 e. The Morgan fingerprint density at radius 1 is 1.24 bits per heavy atom. The van der Waals surface area contributed by atoms with Crippen molar-refractivity contribution in [3.8, 4) is 0 Å². The van der Waals surface area contributed by atoms with Crippen molar-refractivity contribution in [3.05, 3.63) is 17.1 Å². The van der Waals surface area contributed by atoms with Gasteiger partial charge in [0, 0.05) is 31.2 Å². The topological polar surface area (TPSA) is 74.6 Å². The number of nitrogens with zero attached hydrogens (tertiary/aromatic N) is 1. The number of hydrogen-bond acceptors (Lipinski definition) is 5. The highest BCUT2D eigenvalue weighted by atomic mass is 32.2. The summed E-state index contributed by atoms with van der Waals surface area (Å²) in [6.07, 6.45) is 0. The van der Waals surface area contributed by atoms with Crippen LogP contribution in [-0.2, 0) is 16.6 Å². The van der Waals surface area contributed by atoms with Gasteiger partial charge in [0.15, 0.2) is 0 Å². The summed E-state index contributed by atoms with van der Waals surface area (Å²) in [5, 5.41) is 2.98. The van der Waals surface area contributed by atoms with Crippen LogP contribution < -0.4 is 10.0 Å². The molecule has 1 heterocycles. The van der Waals surface area contributed by atoms with E-state index in [1.54, 1.807) is 20.9 Å². The second kappa shape index (κ2) is 7.40. The Balaban J connectivity index is 2.88. The monoisotopic (exact) mass is 317 g/mol. The Morgan fingerprint density at radius 2 is 1.86 bits per heavy atom. The van der Waals surface area contributed by atoms with E-state index in [0.29, 0.717) is 42.8 Å². The van der Waals surface area contributed by atoms with Crippen molar-refractivity contribution in [3.63, 3.8) is 0 Å². The molecule has 6 nitrogen and oxygen atoms in total. The van der Waals surface area contributed by atoms with E-state index in [-0.39, 0.29) is 4.90 Å². The van der Waals surface area contributed by atoms with Crippen LogP contribution in [0.2, 0.25) is 0 Å². The van der Waals surface area contributed by atoms with Gasteiger partial charge in [0.25, 0.3) is 0 Å². The van der Waals surface area contributed by atoms with Gasteiger partial charge in [-0.1, -0.05) is 0 Å². The molecule has 0 fully saturated rings. The van der Waals surface area contributed by atoms with Gasteiger partial charge in [-0.2, -0.15) is 0 Å². The van der Waals surface area contributed by atoms with Crippen molar-refractivity contribution >= 4 is 10.0 Å². The molecule has 1 aromatic rings. The molecule has 0 radical (unpaired) electrons. The van der Waals surface area contributed by atoms with Crippen molar-refractivity contribution < 1.29 is 12.8 Å². The molecule has 0 aromatic carbocycles. The molecule has 0 amide bonds. The lowest BCUT2D eigenvalue weighted by Gasteiger charge is -2.20. The molecule has 0 saturated carbocycles. The van der Waals surface area contributed by atoms with E-state index in [4.69, 9.17) is 4.42 Å². The zero-order valence-electron chi connectivity index (χ0n) is 13.8. The zero-order valence-corrected chi connectivity index (χ0v) is 14.6. The van der Waals surface area contributed by atoms with Gasteiger partial charge in [-0.3, -0.25) is 0 Å². The van der Waals surface area contributed by atoms with Gasteiger partial charge >= 0.3 is 0 Å². The van der Waals surface area contributed by atoms with Crippen molar-refractivity contribution in [2.45, 2.75) is 45.2 Å². The van der Waals surface area contributed by atoms with Gasteiger partial charge in [0.2, 0.25) is 10.0 Å². The van der Waals surface area contributed by atoms with Crippen LogP contribution in [-0.4, -0.2) is 46.5 Å². The van der Waals surface area contributed by atoms with E-state index in [0.717, 1.165) is 0 Å². The normalized spacial score (nSPS) is 12.6. The van der Waals surface area contributed by atoms with Crippen LogP contribution in [0.15, 0.2) is 9.31 Å². The second-order valence-corrected chi connectivity index (χ2v) is 7.23. The largest absolute Gasteiger partial charge is 0.465 e. The third-order valence-electron chi connectivity index (χ3n) is 3.59. The number of aryl methyl sites for hydroxylation is 2. The van der Waals surface area contributed by atoms with E-state index in [1.165, 1.54) is 0 Å². The van der Waals surface area contributed by atoms with Crippen LogP contribution in [0.1, 0.15) is 30.9 Å². The van der Waals surface area contributed by atoms with E-state index in [1.807, 2.05) is 7.05 Å².